The lowest BCUT2D eigenvalue weighted by Gasteiger charge is -2.24. The van der Waals surface area contributed by atoms with Crippen molar-refractivity contribution in [3.8, 4) is 28.4 Å². The van der Waals surface area contributed by atoms with E-state index in [4.69, 9.17) is 4.98 Å². The molecule has 1 heterocycles. The number of alkyl halides is 2. The Morgan fingerprint density at radius 2 is 1.40 bits per heavy atom. The fourth-order valence-corrected chi connectivity index (χ4v) is 5.06. The second kappa shape index (κ2) is 15.3. The first-order valence-corrected chi connectivity index (χ1v) is 14.5. The lowest BCUT2D eigenvalue weighted by atomic mass is 10.1. The third-order valence-electron chi connectivity index (χ3n) is 7.14. The summed E-state index contributed by atoms with van der Waals surface area (Å²) >= 11 is 0. The van der Waals surface area contributed by atoms with Crippen LogP contribution in [-0.2, 0) is 19.6 Å². The molecular weight excluding hydrogens is 504 g/mol. The van der Waals surface area contributed by atoms with Gasteiger partial charge < -0.3 is 9.30 Å². The maximum Gasteiger partial charge on any atom is 0.387 e. The molecule has 0 aliphatic carbocycles. The van der Waals surface area contributed by atoms with Crippen molar-refractivity contribution in [2.75, 3.05) is 6.54 Å². The van der Waals surface area contributed by atoms with E-state index >= 15 is 0 Å². The predicted octanol–water partition coefficient (Wildman–Crippen LogP) is 9.20. The second-order valence-corrected chi connectivity index (χ2v) is 10.3. The minimum atomic E-state index is -2.82. The first-order chi connectivity index (χ1) is 19.6. The molecule has 0 fully saturated rings. The average Bonchev–Trinajstić information content (AvgIpc) is 3.33. The topological polar surface area (TPSA) is 30.3 Å². The summed E-state index contributed by atoms with van der Waals surface area (Å²) in [5, 5.41) is 0. The van der Waals surface area contributed by atoms with Gasteiger partial charge in [-0.05, 0) is 37.1 Å². The summed E-state index contributed by atoms with van der Waals surface area (Å²) in [6, 6.07) is 27.9. The van der Waals surface area contributed by atoms with Crippen molar-refractivity contribution in [3.05, 3.63) is 96.2 Å². The standard InChI is InChI=1S/C34H41F2N3O/c1-3-5-7-14-23-38(25-27-19-21-30(22-20-27)40-34(35)36)26-31-32(28-15-10-8-11-16-28)37-33(39(31)24-6-4-2)29-17-12-9-13-18-29/h8-13,15-22,34H,3-7,14,23-26H2,1-2H3. The van der Waals surface area contributed by atoms with Crippen LogP contribution in [0.25, 0.3) is 22.6 Å². The van der Waals surface area contributed by atoms with Crippen LogP contribution >= 0.6 is 0 Å². The summed E-state index contributed by atoms with van der Waals surface area (Å²) in [7, 11) is 0. The molecule has 212 valence electrons. The highest BCUT2D eigenvalue weighted by atomic mass is 19.3. The SMILES string of the molecule is CCCCCCN(Cc1ccc(OC(F)F)cc1)Cc1c(-c2ccccc2)nc(-c2ccccc2)n1CCCC. The monoisotopic (exact) mass is 545 g/mol. The summed E-state index contributed by atoms with van der Waals surface area (Å²) in [5.74, 6) is 1.19. The Labute approximate surface area is 237 Å². The number of hydrogen-bond donors (Lipinski definition) is 0. The van der Waals surface area contributed by atoms with Gasteiger partial charge in [0.15, 0.2) is 0 Å². The molecule has 3 aromatic carbocycles. The molecule has 0 spiro atoms. The number of hydrogen-bond acceptors (Lipinski definition) is 3. The van der Waals surface area contributed by atoms with Gasteiger partial charge in [0.05, 0.1) is 11.4 Å². The molecule has 0 saturated carbocycles. The molecule has 0 bridgehead atoms. The molecule has 40 heavy (non-hydrogen) atoms. The van der Waals surface area contributed by atoms with Gasteiger partial charge in [-0.3, -0.25) is 4.90 Å². The first kappa shape index (κ1) is 29.5. The second-order valence-electron chi connectivity index (χ2n) is 10.3. The van der Waals surface area contributed by atoms with Gasteiger partial charge in [-0.2, -0.15) is 8.78 Å². The first-order valence-electron chi connectivity index (χ1n) is 14.5. The molecule has 0 radical (unpaired) electrons. The van der Waals surface area contributed by atoms with Gasteiger partial charge in [-0.1, -0.05) is 112 Å². The molecule has 0 aliphatic heterocycles. The molecule has 4 rings (SSSR count). The Morgan fingerprint density at radius 1 is 0.750 bits per heavy atom. The molecule has 4 nitrogen and oxygen atoms in total. The Hall–Kier alpha value is -3.51. The number of nitrogens with zero attached hydrogens (tertiary/aromatic N) is 3. The van der Waals surface area contributed by atoms with E-state index in [1.54, 1.807) is 12.1 Å². The summed E-state index contributed by atoms with van der Waals surface area (Å²) in [4.78, 5) is 7.73. The van der Waals surface area contributed by atoms with Crippen LogP contribution in [0.15, 0.2) is 84.9 Å². The van der Waals surface area contributed by atoms with E-state index < -0.39 is 6.61 Å². The molecule has 0 atom stereocenters. The highest BCUT2D eigenvalue weighted by Gasteiger charge is 2.22. The maximum atomic E-state index is 12.7. The minimum absolute atomic E-state index is 0.185. The largest absolute Gasteiger partial charge is 0.435 e. The predicted molar refractivity (Wildman–Crippen MR) is 159 cm³/mol. The molecule has 1 aromatic heterocycles. The normalized spacial score (nSPS) is 11.4. The van der Waals surface area contributed by atoms with E-state index in [9.17, 15) is 8.78 Å². The van der Waals surface area contributed by atoms with Gasteiger partial charge in [-0.25, -0.2) is 4.98 Å². The molecule has 0 unspecified atom stereocenters. The Balaban J connectivity index is 1.71. The molecule has 6 heteroatoms. The van der Waals surface area contributed by atoms with Gasteiger partial charge in [-0.15, -0.1) is 0 Å². The number of rotatable bonds is 16. The van der Waals surface area contributed by atoms with E-state index in [1.165, 1.54) is 25.0 Å². The lowest BCUT2D eigenvalue weighted by molar-refractivity contribution is -0.0498. The third-order valence-corrected chi connectivity index (χ3v) is 7.14. The van der Waals surface area contributed by atoms with Crippen LogP contribution in [0.2, 0.25) is 0 Å². The Morgan fingerprint density at radius 3 is 2.02 bits per heavy atom. The number of halogens is 2. The van der Waals surface area contributed by atoms with E-state index in [-0.39, 0.29) is 5.75 Å². The van der Waals surface area contributed by atoms with Crippen LogP contribution in [-0.4, -0.2) is 27.6 Å². The van der Waals surface area contributed by atoms with Gasteiger partial charge in [0, 0.05) is 30.8 Å². The van der Waals surface area contributed by atoms with Crippen molar-refractivity contribution < 1.29 is 13.5 Å². The zero-order chi connectivity index (χ0) is 28.2. The smallest absolute Gasteiger partial charge is 0.387 e. The van der Waals surface area contributed by atoms with Crippen LogP contribution in [0.5, 0.6) is 5.75 Å². The molecule has 0 aliphatic rings. The van der Waals surface area contributed by atoms with Gasteiger partial charge in [0.1, 0.15) is 11.6 Å². The van der Waals surface area contributed by atoms with Crippen molar-refractivity contribution in [1.29, 1.82) is 0 Å². The average molecular weight is 546 g/mol. The van der Waals surface area contributed by atoms with Gasteiger partial charge >= 0.3 is 6.61 Å². The van der Waals surface area contributed by atoms with Crippen LogP contribution in [0.3, 0.4) is 0 Å². The van der Waals surface area contributed by atoms with Crippen molar-refractivity contribution in [2.24, 2.45) is 0 Å². The highest BCUT2D eigenvalue weighted by molar-refractivity contribution is 5.68. The Bertz CT molecular complexity index is 1270. The fourth-order valence-electron chi connectivity index (χ4n) is 5.06. The van der Waals surface area contributed by atoms with E-state index in [0.29, 0.717) is 0 Å². The molecule has 4 aromatic rings. The lowest BCUT2D eigenvalue weighted by Crippen LogP contribution is -2.26. The fraction of sp³-hybridized carbons (Fsp3) is 0.382. The number of unbranched alkanes of at least 4 members (excludes halogenated alkanes) is 4. The quantitative estimate of drug-likeness (QED) is 0.132. The minimum Gasteiger partial charge on any atom is -0.435 e. The van der Waals surface area contributed by atoms with Crippen LogP contribution in [0.1, 0.15) is 63.6 Å². The number of aromatic nitrogens is 2. The summed E-state index contributed by atoms with van der Waals surface area (Å²) in [5.41, 5.74) is 5.54. The van der Waals surface area contributed by atoms with Crippen LogP contribution in [0, 0.1) is 0 Å². The zero-order valence-corrected chi connectivity index (χ0v) is 23.7. The maximum absolute atomic E-state index is 12.7. The van der Waals surface area contributed by atoms with Gasteiger partial charge in [0.25, 0.3) is 0 Å². The Kier molecular flexibility index (Phi) is 11.3. The van der Waals surface area contributed by atoms with E-state index in [1.807, 2.05) is 24.3 Å². The molecular formula is C34H41F2N3O. The summed E-state index contributed by atoms with van der Waals surface area (Å²) in [6.07, 6.45) is 6.86. The zero-order valence-electron chi connectivity index (χ0n) is 23.7. The molecule has 0 amide bonds. The number of imidazole rings is 1. The van der Waals surface area contributed by atoms with Crippen molar-refractivity contribution in [1.82, 2.24) is 14.5 Å². The summed E-state index contributed by atoms with van der Waals surface area (Å²) in [6.45, 7) is 4.94. The highest BCUT2D eigenvalue weighted by Crippen LogP contribution is 2.31. The van der Waals surface area contributed by atoms with Gasteiger partial charge in [0.2, 0.25) is 0 Å². The number of benzene rings is 3. The molecule has 0 saturated heterocycles. The van der Waals surface area contributed by atoms with Crippen LogP contribution in [0.4, 0.5) is 8.78 Å². The third kappa shape index (κ3) is 8.25. The van der Waals surface area contributed by atoms with Crippen molar-refractivity contribution in [3.63, 3.8) is 0 Å². The molecule has 0 N–H and O–H groups in total. The summed E-state index contributed by atoms with van der Waals surface area (Å²) < 4.78 is 32.3. The van der Waals surface area contributed by atoms with E-state index in [0.717, 1.165) is 73.7 Å². The van der Waals surface area contributed by atoms with Crippen LogP contribution < -0.4 is 4.74 Å². The van der Waals surface area contributed by atoms with Crippen molar-refractivity contribution in [2.45, 2.75) is 78.6 Å². The van der Waals surface area contributed by atoms with E-state index in [2.05, 4.69) is 76.6 Å². The van der Waals surface area contributed by atoms with Crippen molar-refractivity contribution >= 4 is 0 Å². The number of ether oxygens (including phenoxy) is 1.